The first-order chi connectivity index (χ1) is 16.4. The van der Waals surface area contributed by atoms with Crippen molar-refractivity contribution in [2.45, 2.75) is 51.6 Å². The van der Waals surface area contributed by atoms with Crippen molar-refractivity contribution in [3.05, 3.63) is 68.6 Å². The van der Waals surface area contributed by atoms with E-state index in [1.165, 1.54) is 18.3 Å². The SMILES string of the molecule is C[C@@H](NC(=O)C(Cc1ccc(-c2ncc(Br)cn2)cc1)NC(=O)c1ccc(C(C)(C)C)s1)C(=O)O. The maximum atomic E-state index is 13.0. The summed E-state index contributed by atoms with van der Waals surface area (Å²) >= 11 is 4.68. The molecule has 0 aliphatic heterocycles. The monoisotopic (exact) mass is 558 g/mol. The molecule has 0 spiro atoms. The number of aromatic nitrogens is 2. The van der Waals surface area contributed by atoms with Crippen LogP contribution in [0.4, 0.5) is 0 Å². The lowest BCUT2D eigenvalue weighted by molar-refractivity contribution is -0.141. The van der Waals surface area contributed by atoms with Gasteiger partial charge in [0.05, 0.1) is 9.35 Å². The summed E-state index contributed by atoms with van der Waals surface area (Å²) in [7, 11) is 0. The molecule has 0 radical (unpaired) electrons. The summed E-state index contributed by atoms with van der Waals surface area (Å²) in [5, 5.41) is 14.4. The van der Waals surface area contributed by atoms with Gasteiger partial charge in [0.15, 0.2) is 5.82 Å². The third-order valence-electron chi connectivity index (χ3n) is 5.19. The Hall–Kier alpha value is -3.11. The van der Waals surface area contributed by atoms with Gasteiger partial charge in [0.25, 0.3) is 5.91 Å². The minimum absolute atomic E-state index is 0.100. The quantitative estimate of drug-likeness (QED) is 0.381. The van der Waals surface area contributed by atoms with E-state index in [0.29, 0.717) is 10.7 Å². The van der Waals surface area contributed by atoms with E-state index in [9.17, 15) is 19.5 Å². The summed E-state index contributed by atoms with van der Waals surface area (Å²) in [5.41, 5.74) is 1.49. The van der Waals surface area contributed by atoms with Crippen molar-refractivity contribution in [3.8, 4) is 11.4 Å². The Bertz CT molecular complexity index is 1200. The average Bonchev–Trinajstić information content (AvgIpc) is 3.31. The minimum atomic E-state index is -1.16. The predicted molar refractivity (Wildman–Crippen MR) is 138 cm³/mol. The Morgan fingerprint density at radius 1 is 1.03 bits per heavy atom. The van der Waals surface area contributed by atoms with Crippen LogP contribution in [-0.4, -0.2) is 44.9 Å². The highest BCUT2D eigenvalue weighted by Gasteiger charge is 2.26. The second-order valence-electron chi connectivity index (χ2n) is 9.13. The normalized spacial score (nSPS) is 13.1. The number of hydrogen-bond donors (Lipinski definition) is 3. The second-order valence-corrected chi connectivity index (χ2v) is 11.1. The maximum absolute atomic E-state index is 13.0. The number of aliphatic carboxylic acids is 1. The molecule has 2 atom stereocenters. The van der Waals surface area contributed by atoms with Crippen LogP contribution in [0.15, 0.2) is 53.3 Å². The molecular formula is C25H27BrN4O4S. The van der Waals surface area contributed by atoms with Gasteiger partial charge in [0.2, 0.25) is 5.91 Å². The lowest BCUT2D eigenvalue weighted by atomic mass is 9.95. The van der Waals surface area contributed by atoms with Crippen LogP contribution in [0.5, 0.6) is 0 Å². The second kappa shape index (κ2) is 11.1. The van der Waals surface area contributed by atoms with Crippen LogP contribution < -0.4 is 10.6 Å². The highest BCUT2D eigenvalue weighted by molar-refractivity contribution is 9.10. The standard InChI is InChI=1S/C25H27BrN4O4S/c1-14(24(33)34)29-22(31)18(30-23(32)19-9-10-20(35-19)25(2,3)4)11-15-5-7-16(8-6-15)21-27-12-17(26)13-28-21/h5-10,12-14,18H,11H2,1-4H3,(H,29,31)(H,30,32)(H,33,34)/t14-,18?/m1/s1. The topological polar surface area (TPSA) is 121 Å². The smallest absolute Gasteiger partial charge is 0.325 e. The zero-order valence-corrected chi connectivity index (χ0v) is 22.2. The van der Waals surface area contributed by atoms with Crippen molar-refractivity contribution in [2.24, 2.45) is 0 Å². The summed E-state index contributed by atoms with van der Waals surface area (Å²) in [6.45, 7) is 7.56. The highest BCUT2D eigenvalue weighted by atomic mass is 79.9. The number of hydrogen-bond acceptors (Lipinski definition) is 6. The van der Waals surface area contributed by atoms with Crippen LogP contribution in [0.2, 0.25) is 0 Å². The van der Waals surface area contributed by atoms with Gasteiger partial charge in [0, 0.05) is 29.3 Å². The third kappa shape index (κ3) is 7.19. The number of carbonyl (C=O) groups is 3. The lowest BCUT2D eigenvalue weighted by Crippen LogP contribution is -2.51. The Morgan fingerprint density at radius 3 is 2.20 bits per heavy atom. The number of rotatable bonds is 8. The van der Waals surface area contributed by atoms with E-state index in [0.717, 1.165) is 20.5 Å². The van der Waals surface area contributed by atoms with E-state index in [-0.39, 0.29) is 17.7 Å². The van der Waals surface area contributed by atoms with Crippen molar-refractivity contribution in [3.63, 3.8) is 0 Å². The van der Waals surface area contributed by atoms with Gasteiger partial charge in [0.1, 0.15) is 12.1 Å². The van der Waals surface area contributed by atoms with Gasteiger partial charge < -0.3 is 15.7 Å². The summed E-state index contributed by atoms with van der Waals surface area (Å²) < 4.78 is 0.776. The Balaban J connectivity index is 1.79. The molecule has 184 valence electrons. The molecule has 1 unspecified atom stereocenters. The Kier molecular flexibility index (Phi) is 8.39. The first-order valence-corrected chi connectivity index (χ1v) is 12.6. The van der Waals surface area contributed by atoms with Crippen molar-refractivity contribution in [1.82, 2.24) is 20.6 Å². The molecule has 0 aliphatic rings. The number of carboxylic acids is 1. The molecule has 3 aromatic rings. The van der Waals surface area contributed by atoms with Crippen molar-refractivity contribution >= 4 is 45.1 Å². The fourth-order valence-electron chi connectivity index (χ4n) is 3.16. The van der Waals surface area contributed by atoms with E-state index in [4.69, 9.17) is 0 Å². The molecule has 3 N–H and O–H groups in total. The van der Waals surface area contributed by atoms with Gasteiger partial charge in [-0.25, -0.2) is 9.97 Å². The number of carbonyl (C=O) groups excluding carboxylic acids is 2. The predicted octanol–water partition coefficient (Wildman–Crippen LogP) is 4.20. The first kappa shape index (κ1) is 26.5. The Labute approximate surface area is 216 Å². The number of nitrogens with zero attached hydrogens (tertiary/aromatic N) is 2. The van der Waals surface area contributed by atoms with E-state index >= 15 is 0 Å². The van der Waals surface area contributed by atoms with E-state index < -0.39 is 24.0 Å². The molecule has 0 bridgehead atoms. The summed E-state index contributed by atoms with van der Waals surface area (Å²) in [5.74, 6) is -1.55. The number of thiophene rings is 1. The summed E-state index contributed by atoms with van der Waals surface area (Å²) in [4.78, 5) is 47.2. The molecule has 0 saturated heterocycles. The van der Waals surface area contributed by atoms with Gasteiger partial charge in [-0.05, 0) is 46.0 Å². The van der Waals surface area contributed by atoms with E-state index in [2.05, 4.69) is 57.3 Å². The number of benzene rings is 1. The molecule has 8 nitrogen and oxygen atoms in total. The number of nitrogens with one attached hydrogen (secondary N) is 2. The maximum Gasteiger partial charge on any atom is 0.325 e. The molecule has 0 fully saturated rings. The van der Waals surface area contributed by atoms with Gasteiger partial charge in [-0.1, -0.05) is 45.0 Å². The molecule has 0 aliphatic carbocycles. The van der Waals surface area contributed by atoms with Crippen LogP contribution in [0, 0.1) is 0 Å². The van der Waals surface area contributed by atoms with E-state index in [1.807, 2.05) is 30.3 Å². The van der Waals surface area contributed by atoms with Crippen LogP contribution in [0.25, 0.3) is 11.4 Å². The minimum Gasteiger partial charge on any atom is -0.480 e. The molecule has 2 aromatic heterocycles. The zero-order valence-electron chi connectivity index (χ0n) is 19.8. The van der Waals surface area contributed by atoms with Crippen LogP contribution in [0.1, 0.15) is 47.8 Å². The largest absolute Gasteiger partial charge is 0.480 e. The van der Waals surface area contributed by atoms with Crippen molar-refractivity contribution < 1.29 is 19.5 Å². The molecule has 0 saturated carbocycles. The lowest BCUT2D eigenvalue weighted by Gasteiger charge is -2.20. The molecule has 3 rings (SSSR count). The van der Waals surface area contributed by atoms with Crippen LogP contribution >= 0.6 is 27.3 Å². The van der Waals surface area contributed by atoms with Gasteiger partial charge >= 0.3 is 5.97 Å². The van der Waals surface area contributed by atoms with Crippen LogP contribution in [-0.2, 0) is 21.4 Å². The van der Waals surface area contributed by atoms with Gasteiger partial charge in [-0.3, -0.25) is 14.4 Å². The molecular weight excluding hydrogens is 532 g/mol. The first-order valence-electron chi connectivity index (χ1n) is 11.0. The fourth-order valence-corrected chi connectivity index (χ4v) is 4.34. The zero-order chi connectivity index (χ0) is 25.8. The molecule has 10 heteroatoms. The highest BCUT2D eigenvalue weighted by Crippen LogP contribution is 2.29. The molecule has 35 heavy (non-hydrogen) atoms. The summed E-state index contributed by atoms with van der Waals surface area (Å²) in [6.07, 6.45) is 3.50. The number of carboxylic acid groups (broad SMARTS) is 1. The third-order valence-corrected chi connectivity index (χ3v) is 7.11. The Morgan fingerprint density at radius 2 is 1.66 bits per heavy atom. The number of halogens is 1. The average molecular weight is 559 g/mol. The van der Waals surface area contributed by atoms with Crippen molar-refractivity contribution in [2.75, 3.05) is 0 Å². The molecule has 2 heterocycles. The van der Waals surface area contributed by atoms with Crippen molar-refractivity contribution in [1.29, 1.82) is 0 Å². The van der Waals surface area contributed by atoms with Crippen LogP contribution in [0.3, 0.4) is 0 Å². The molecule has 2 amide bonds. The molecule has 1 aromatic carbocycles. The van der Waals surface area contributed by atoms with Gasteiger partial charge in [-0.15, -0.1) is 11.3 Å². The fraction of sp³-hybridized carbons (Fsp3) is 0.320. The van der Waals surface area contributed by atoms with Gasteiger partial charge in [-0.2, -0.15) is 0 Å². The summed E-state index contributed by atoms with van der Waals surface area (Å²) in [6, 6.07) is 8.93. The number of amides is 2. The van der Waals surface area contributed by atoms with E-state index in [1.54, 1.807) is 18.5 Å².